The first kappa shape index (κ1) is 12.1. The zero-order valence-corrected chi connectivity index (χ0v) is 10.9. The molecule has 1 aliphatic rings. The van der Waals surface area contributed by atoms with Crippen LogP contribution in [0.3, 0.4) is 0 Å². The molecule has 1 aromatic rings. The van der Waals surface area contributed by atoms with E-state index in [-0.39, 0.29) is 0 Å². The highest BCUT2D eigenvalue weighted by Crippen LogP contribution is 2.21. The van der Waals surface area contributed by atoms with Gasteiger partial charge in [0.1, 0.15) is 0 Å². The van der Waals surface area contributed by atoms with Gasteiger partial charge in [-0.3, -0.25) is 0 Å². The summed E-state index contributed by atoms with van der Waals surface area (Å²) in [5, 5.41) is 0. The molecule has 0 bridgehead atoms. The highest BCUT2D eigenvalue weighted by atomic mass is 79.9. The third kappa shape index (κ3) is 3.58. The molecule has 0 heterocycles. The van der Waals surface area contributed by atoms with E-state index < -0.39 is 0 Å². The Morgan fingerprint density at radius 1 is 1.38 bits per heavy atom. The van der Waals surface area contributed by atoms with Crippen LogP contribution in [0.2, 0.25) is 0 Å². The molecule has 1 aromatic carbocycles. The van der Waals surface area contributed by atoms with E-state index in [0.717, 1.165) is 23.7 Å². The Kier molecular flexibility index (Phi) is 4.38. The first-order chi connectivity index (χ1) is 7.74. The number of benzene rings is 1. The van der Waals surface area contributed by atoms with Crippen molar-refractivity contribution in [2.24, 2.45) is 5.73 Å². The van der Waals surface area contributed by atoms with Gasteiger partial charge >= 0.3 is 0 Å². The summed E-state index contributed by atoms with van der Waals surface area (Å²) in [7, 11) is 0. The van der Waals surface area contributed by atoms with Crippen molar-refractivity contribution >= 4 is 15.9 Å². The summed E-state index contributed by atoms with van der Waals surface area (Å²) in [6.45, 7) is 0.691. The minimum atomic E-state index is 0.334. The zero-order valence-electron chi connectivity index (χ0n) is 9.36. The molecular formula is C13H18BrNO. The molecule has 3 heteroatoms. The van der Waals surface area contributed by atoms with Gasteiger partial charge in [-0.1, -0.05) is 28.1 Å². The van der Waals surface area contributed by atoms with Crippen molar-refractivity contribution in [3.63, 3.8) is 0 Å². The Hall–Kier alpha value is -0.380. The molecule has 2 rings (SSSR count). The van der Waals surface area contributed by atoms with Gasteiger partial charge in [-0.05, 0) is 43.4 Å². The fraction of sp³-hybridized carbons (Fsp3) is 0.538. The van der Waals surface area contributed by atoms with Crippen molar-refractivity contribution in [3.05, 3.63) is 34.3 Å². The Morgan fingerprint density at radius 3 is 3.00 bits per heavy atom. The predicted octanol–water partition coefficient (Wildman–Crippen LogP) is 3.24. The monoisotopic (exact) mass is 283 g/mol. The molecule has 0 amide bonds. The van der Waals surface area contributed by atoms with Gasteiger partial charge in [0.25, 0.3) is 0 Å². The fourth-order valence-corrected chi connectivity index (χ4v) is 2.62. The van der Waals surface area contributed by atoms with E-state index in [4.69, 9.17) is 10.5 Å². The molecule has 2 N–H and O–H groups in total. The Balaban J connectivity index is 1.82. The van der Waals surface area contributed by atoms with Gasteiger partial charge in [0.2, 0.25) is 0 Å². The van der Waals surface area contributed by atoms with E-state index in [9.17, 15) is 0 Å². The average molecular weight is 284 g/mol. The van der Waals surface area contributed by atoms with Gasteiger partial charge in [-0.25, -0.2) is 0 Å². The summed E-state index contributed by atoms with van der Waals surface area (Å²) >= 11 is 3.46. The van der Waals surface area contributed by atoms with E-state index in [0.29, 0.717) is 18.8 Å². The van der Waals surface area contributed by atoms with E-state index in [1.165, 1.54) is 12.0 Å². The van der Waals surface area contributed by atoms with E-state index in [1.54, 1.807) is 0 Å². The summed E-state index contributed by atoms with van der Waals surface area (Å²) < 4.78 is 7.00. The van der Waals surface area contributed by atoms with Gasteiger partial charge in [-0.15, -0.1) is 0 Å². The number of hydrogen-bond donors (Lipinski definition) is 1. The Morgan fingerprint density at radius 2 is 2.25 bits per heavy atom. The van der Waals surface area contributed by atoms with Crippen LogP contribution < -0.4 is 5.73 Å². The van der Waals surface area contributed by atoms with Crippen molar-refractivity contribution in [1.82, 2.24) is 0 Å². The Bertz CT molecular complexity index is 342. The van der Waals surface area contributed by atoms with Crippen LogP contribution in [0, 0.1) is 0 Å². The van der Waals surface area contributed by atoms with Crippen LogP contribution in [0.25, 0.3) is 0 Å². The number of nitrogens with two attached hydrogens (primary N) is 1. The molecule has 0 aromatic heterocycles. The van der Waals surface area contributed by atoms with Crippen LogP contribution in [0.1, 0.15) is 31.2 Å². The van der Waals surface area contributed by atoms with Crippen LogP contribution in [0.4, 0.5) is 0 Å². The molecule has 0 saturated heterocycles. The maximum absolute atomic E-state index is 5.93. The molecular weight excluding hydrogens is 266 g/mol. The molecule has 2 unspecified atom stereocenters. The molecule has 1 aliphatic carbocycles. The van der Waals surface area contributed by atoms with Gasteiger partial charge < -0.3 is 10.5 Å². The number of hydrogen-bond acceptors (Lipinski definition) is 2. The van der Waals surface area contributed by atoms with Crippen molar-refractivity contribution in [2.45, 2.75) is 44.4 Å². The Labute approximate surface area is 105 Å². The van der Waals surface area contributed by atoms with E-state index in [1.807, 2.05) is 12.1 Å². The molecule has 2 atom stereocenters. The maximum Gasteiger partial charge on any atom is 0.0721 e. The van der Waals surface area contributed by atoms with Crippen LogP contribution >= 0.6 is 15.9 Å². The lowest BCUT2D eigenvalue weighted by Crippen LogP contribution is -2.32. The summed E-state index contributed by atoms with van der Waals surface area (Å²) in [5.74, 6) is 0. The van der Waals surface area contributed by atoms with Gasteiger partial charge in [-0.2, -0.15) is 0 Å². The molecule has 0 spiro atoms. The topological polar surface area (TPSA) is 35.2 Å². The highest BCUT2D eigenvalue weighted by molar-refractivity contribution is 9.10. The molecule has 16 heavy (non-hydrogen) atoms. The summed E-state index contributed by atoms with van der Waals surface area (Å²) in [6.07, 6.45) is 4.86. The van der Waals surface area contributed by atoms with Crippen molar-refractivity contribution < 1.29 is 4.74 Å². The van der Waals surface area contributed by atoms with Gasteiger partial charge in [0.05, 0.1) is 12.7 Å². The van der Waals surface area contributed by atoms with Crippen LogP contribution in [-0.2, 0) is 11.3 Å². The second kappa shape index (κ2) is 5.80. The third-order valence-corrected chi connectivity index (χ3v) is 3.53. The second-order valence-electron chi connectivity index (χ2n) is 4.49. The molecule has 1 saturated carbocycles. The largest absolute Gasteiger partial charge is 0.373 e. The standard InChI is InChI=1S/C13H18BrNO/c14-11-4-1-3-10(7-11)9-16-13-6-2-5-12(15)8-13/h1,3-4,7,12-13H,2,5-6,8-9,15H2. The smallest absolute Gasteiger partial charge is 0.0721 e. The van der Waals surface area contributed by atoms with Crippen LogP contribution in [-0.4, -0.2) is 12.1 Å². The first-order valence-corrected chi connectivity index (χ1v) is 6.65. The molecule has 0 radical (unpaired) electrons. The third-order valence-electron chi connectivity index (χ3n) is 3.04. The fourth-order valence-electron chi connectivity index (χ4n) is 2.17. The summed E-state index contributed by atoms with van der Waals surface area (Å²) in [6, 6.07) is 8.59. The molecule has 1 fully saturated rings. The lowest BCUT2D eigenvalue weighted by atomic mass is 9.93. The van der Waals surface area contributed by atoms with Crippen molar-refractivity contribution in [1.29, 1.82) is 0 Å². The number of ether oxygens (including phenoxy) is 1. The molecule has 0 aliphatic heterocycles. The van der Waals surface area contributed by atoms with Crippen molar-refractivity contribution in [3.8, 4) is 0 Å². The van der Waals surface area contributed by atoms with Crippen molar-refractivity contribution in [2.75, 3.05) is 0 Å². The average Bonchev–Trinajstić information content (AvgIpc) is 2.27. The molecule has 2 nitrogen and oxygen atoms in total. The van der Waals surface area contributed by atoms with E-state index >= 15 is 0 Å². The summed E-state index contributed by atoms with van der Waals surface area (Å²) in [5.41, 5.74) is 7.15. The minimum absolute atomic E-state index is 0.334. The lowest BCUT2D eigenvalue weighted by molar-refractivity contribution is 0.0122. The van der Waals surface area contributed by atoms with Crippen LogP contribution in [0.15, 0.2) is 28.7 Å². The normalized spacial score (nSPS) is 25.6. The SMILES string of the molecule is NC1CCCC(OCc2cccc(Br)c2)C1. The zero-order chi connectivity index (χ0) is 11.4. The van der Waals surface area contributed by atoms with E-state index in [2.05, 4.69) is 28.1 Å². The number of rotatable bonds is 3. The first-order valence-electron chi connectivity index (χ1n) is 5.85. The molecule has 88 valence electrons. The highest BCUT2D eigenvalue weighted by Gasteiger charge is 2.19. The van der Waals surface area contributed by atoms with Gasteiger partial charge in [0.15, 0.2) is 0 Å². The minimum Gasteiger partial charge on any atom is -0.373 e. The predicted molar refractivity (Wildman–Crippen MR) is 69.2 cm³/mol. The lowest BCUT2D eigenvalue weighted by Gasteiger charge is -2.26. The summed E-state index contributed by atoms with van der Waals surface area (Å²) in [4.78, 5) is 0. The second-order valence-corrected chi connectivity index (χ2v) is 5.41. The maximum atomic E-state index is 5.93. The van der Waals surface area contributed by atoms with Gasteiger partial charge in [0, 0.05) is 10.5 Å². The number of halogens is 1. The van der Waals surface area contributed by atoms with Crippen LogP contribution in [0.5, 0.6) is 0 Å². The quantitative estimate of drug-likeness (QED) is 0.924.